The Labute approximate surface area is 313 Å². The van der Waals surface area contributed by atoms with Crippen LogP contribution < -0.4 is 14.4 Å². The number of anilines is 1. The number of nitrogens with zero attached hydrogens (tertiary/aromatic N) is 3. The van der Waals surface area contributed by atoms with Crippen LogP contribution in [0.5, 0.6) is 5.75 Å². The predicted molar refractivity (Wildman–Crippen MR) is 203 cm³/mol. The second-order valence-electron chi connectivity index (χ2n) is 16.5. The number of hydrogen-bond donors (Lipinski definition) is 2. The van der Waals surface area contributed by atoms with Gasteiger partial charge >= 0.3 is 0 Å². The average molecular weight is 747 g/mol. The first-order chi connectivity index (χ1) is 24.9. The molecule has 8 rings (SSSR count). The number of aliphatic hydroxyl groups is 1. The molecule has 3 aromatic rings. The van der Waals surface area contributed by atoms with Crippen LogP contribution in [0.15, 0.2) is 54.9 Å². The van der Waals surface area contributed by atoms with Gasteiger partial charge in [0.1, 0.15) is 5.75 Å². The topological polar surface area (TPSA) is 112 Å². The van der Waals surface area contributed by atoms with Crippen molar-refractivity contribution >= 4 is 33.2 Å². The van der Waals surface area contributed by atoms with E-state index >= 15 is 0 Å². The second kappa shape index (κ2) is 13.9. The average Bonchev–Trinajstić information content (AvgIpc) is 3.25. The number of carbonyl (C=O) groups is 1. The van der Waals surface area contributed by atoms with Crippen molar-refractivity contribution in [2.45, 2.75) is 94.4 Å². The lowest BCUT2D eigenvalue weighted by molar-refractivity contribution is -0.107. The zero-order valence-corrected chi connectivity index (χ0v) is 31.9. The molecule has 1 saturated carbocycles. The van der Waals surface area contributed by atoms with Crippen molar-refractivity contribution in [2.75, 3.05) is 37.7 Å². The molecule has 0 radical (unpaired) electrons. The number of nitrogens with one attached hydrogen (secondary N) is 1. The van der Waals surface area contributed by atoms with E-state index < -0.39 is 26.8 Å². The molecule has 2 bridgehead atoms. The number of hydrogen-bond acceptors (Lipinski definition) is 8. The Kier molecular flexibility index (Phi) is 9.58. The third kappa shape index (κ3) is 6.73. The molecular weight excluding hydrogens is 696 g/mol. The number of sulfonamides is 1. The van der Waals surface area contributed by atoms with Gasteiger partial charge < -0.3 is 14.7 Å². The summed E-state index contributed by atoms with van der Waals surface area (Å²) in [5, 5.41) is 12.9. The number of ether oxygens (including phenoxy) is 1. The molecule has 4 heterocycles. The predicted octanol–water partition coefficient (Wildman–Crippen LogP) is 6.29. The van der Waals surface area contributed by atoms with Crippen LogP contribution in [0.1, 0.15) is 91.4 Å². The van der Waals surface area contributed by atoms with Gasteiger partial charge in [0.05, 0.1) is 23.1 Å². The summed E-state index contributed by atoms with van der Waals surface area (Å²) in [6, 6.07) is 13.6. The van der Waals surface area contributed by atoms with Gasteiger partial charge in [0.15, 0.2) is 0 Å². The fourth-order valence-electron chi connectivity index (χ4n) is 9.93. The van der Waals surface area contributed by atoms with E-state index in [0.717, 1.165) is 62.3 Å². The molecule has 0 saturated heterocycles. The number of aryl methyl sites for hydroxylation is 1. The van der Waals surface area contributed by atoms with Crippen molar-refractivity contribution in [2.24, 2.45) is 17.8 Å². The van der Waals surface area contributed by atoms with Crippen LogP contribution in [0.4, 0.5) is 5.69 Å². The Morgan fingerprint density at radius 3 is 2.71 bits per heavy atom. The molecular formula is C41H51ClN4O5S. The number of rotatable bonds is 2. The Morgan fingerprint density at radius 1 is 1.02 bits per heavy atom. The highest BCUT2D eigenvalue weighted by atomic mass is 35.5. The highest BCUT2D eigenvalue weighted by molar-refractivity contribution is 7.90. The van der Waals surface area contributed by atoms with Crippen LogP contribution in [-0.2, 0) is 34.8 Å². The lowest BCUT2D eigenvalue weighted by Gasteiger charge is -2.51. The first-order valence-electron chi connectivity index (χ1n) is 19.2. The maximum absolute atomic E-state index is 13.6. The van der Waals surface area contributed by atoms with Gasteiger partial charge in [-0.15, -0.1) is 0 Å². The highest BCUT2D eigenvalue weighted by Crippen LogP contribution is 2.49. The summed E-state index contributed by atoms with van der Waals surface area (Å²) < 4.78 is 36.2. The monoisotopic (exact) mass is 746 g/mol. The first kappa shape index (κ1) is 35.8. The Bertz CT molecular complexity index is 1960. The molecule has 5 aliphatic rings. The number of fused-ring (bicyclic) bond motifs is 5. The minimum atomic E-state index is -3.96. The molecule has 1 aromatic heterocycles. The molecule has 6 atom stereocenters. The van der Waals surface area contributed by atoms with Gasteiger partial charge in [-0.2, -0.15) is 0 Å². The number of amides is 1. The van der Waals surface area contributed by atoms with Gasteiger partial charge in [-0.25, -0.2) is 13.1 Å². The van der Waals surface area contributed by atoms with Gasteiger partial charge in [-0.3, -0.25) is 14.7 Å². The quantitative estimate of drug-likeness (QED) is 0.315. The van der Waals surface area contributed by atoms with E-state index in [9.17, 15) is 18.3 Å². The van der Waals surface area contributed by atoms with Crippen molar-refractivity contribution in [3.05, 3.63) is 87.7 Å². The maximum atomic E-state index is 13.6. The van der Waals surface area contributed by atoms with Crippen molar-refractivity contribution in [1.29, 1.82) is 0 Å². The van der Waals surface area contributed by atoms with Crippen molar-refractivity contribution in [1.82, 2.24) is 14.6 Å². The lowest BCUT2D eigenvalue weighted by atomic mass is 9.62. The van der Waals surface area contributed by atoms with E-state index in [1.54, 1.807) is 13.0 Å². The molecule has 52 heavy (non-hydrogen) atoms. The summed E-state index contributed by atoms with van der Waals surface area (Å²) in [5.74, 6) is 0.182. The summed E-state index contributed by atoms with van der Waals surface area (Å²) in [7, 11) is -3.96. The van der Waals surface area contributed by atoms with E-state index in [2.05, 4.69) is 37.7 Å². The van der Waals surface area contributed by atoms with Gasteiger partial charge in [0.25, 0.3) is 5.91 Å². The third-order valence-corrected chi connectivity index (χ3v) is 15.4. The highest BCUT2D eigenvalue weighted by Gasteiger charge is 2.49. The molecule has 9 nitrogen and oxygen atoms in total. The Hall–Kier alpha value is -3.18. The normalized spacial score (nSPS) is 31.9. The number of pyridine rings is 1. The molecule has 1 fully saturated rings. The maximum Gasteiger partial charge on any atom is 0.264 e. The zero-order chi connectivity index (χ0) is 36.3. The summed E-state index contributed by atoms with van der Waals surface area (Å²) in [6.07, 6.45) is 11.6. The Balaban J connectivity index is 1.17. The van der Waals surface area contributed by atoms with Gasteiger partial charge in [0, 0.05) is 61.1 Å². The third-order valence-electron chi connectivity index (χ3n) is 13.3. The summed E-state index contributed by atoms with van der Waals surface area (Å²) in [4.78, 5) is 22.8. The molecule has 0 unspecified atom stereocenters. The van der Waals surface area contributed by atoms with E-state index in [-0.39, 0.29) is 28.7 Å². The smallest absolute Gasteiger partial charge is 0.264 e. The van der Waals surface area contributed by atoms with Crippen LogP contribution >= 0.6 is 11.6 Å². The number of benzene rings is 2. The summed E-state index contributed by atoms with van der Waals surface area (Å²) >= 11 is 6.48. The van der Waals surface area contributed by atoms with Crippen LogP contribution in [0.2, 0.25) is 5.02 Å². The molecule has 11 heteroatoms. The van der Waals surface area contributed by atoms with Crippen LogP contribution in [0.25, 0.3) is 0 Å². The number of β-amino-alcohol motifs (C(OH)–C–C–N with tert-alkyl or cyclic N) is 1. The second-order valence-corrected chi connectivity index (χ2v) is 19.0. The fourth-order valence-corrected chi connectivity index (χ4v) is 11.4. The van der Waals surface area contributed by atoms with E-state index in [4.69, 9.17) is 16.3 Å². The number of carbonyl (C=O) groups excluding carboxylic acids is 1. The summed E-state index contributed by atoms with van der Waals surface area (Å²) in [6.45, 7) is 7.71. The van der Waals surface area contributed by atoms with Gasteiger partial charge in [0.2, 0.25) is 10.0 Å². The van der Waals surface area contributed by atoms with Crippen LogP contribution in [-0.4, -0.2) is 73.0 Å². The van der Waals surface area contributed by atoms with Crippen LogP contribution in [0.3, 0.4) is 0 Å². The molecule has 3 aliphatic heterocycles. The molecule has 2 aromatic carbocycles. The van der Waals surface area contributed by atoms with Crippen molar-refractivity contribution in [3.63, 3.8) is 0 Å². The number of aromatic nitrogens is 1. The molecule has 2 aliphatic carbocycles. The molecule has 2 N–H and O–H groups in total. The zero-order valence-electron chi connectivity index (χ0n) is 30.3. The van der Waals surface area contributed by atoms with E-state index in [1.165, 1.54) is 22.3 Å². The minimum Gasteiger partial charge on any atom is -0.490 e. The molecule has 1 amide bonds. The summed E-state index contributed by atoms with van der Waals surface area (Å²) in [5.41, 5.74) is 4.93. The van der Waals surface area contributed by atoms with Crippen LogP contribution in [0, 0.1) is 17.8 Å². The fraction of sp³-hybridized carbons (Fsp3) is 0.561. The van der Waals surface area contributed by atoms with Gasteiger partial charge in [-0.05, 0) is 135 Å². The number of halogens is 1. The minimum absolute atomic E-state index is 0.0830. The van der Waals surface area contributed by atoms with Crippen molar-refractivity contribution in [3.8, 4) is 5.75 Å². The largest absolute Gasteiger partial charge is 0.490 e. The molecule has 278 valence electrons. The standard InChI is InChI=1S/C41H51ClN4O5S/c1-27-5-3-16-41(48,25-45-18-14-29-13-17-43-21-33(29)22-45)36-10-7-32(36)23-46-24-40(15-4-6-30-19-34(42)9-11-35(30)40)26-51-38-12-8-31(20-37(38)46)39(47)44-52(49,50)28(27)2/h8-9,11-13,17,19-21,27-28,32,36,48H,3-7,10,14-16,18,22-26H2,1-2H3,(H,44,47)/t27-,28+,32-,36+,40-,41-/m0/s1. The van der Waals surface area contributed by atoms with Crippen molar-refractivity contribution < 1.29 is 23.1 Å². The van der Waals surface area contributed by atoms with E-state index in [0.29, 0.717) is 51.3 Å². The van der Waals surface area contributed by atoms with E-state index in [1.807, 2.05) is 37.5 Å². The Morgan fingerprint density at radius 2 is 1.88 bits per heavy atom. The SMILES string of the molecule is C[C@@H]1[C@@H](C)CCC[C@](O)(CN2CCc3ccncc3C2)[C@@H]2CC[C@H]2CN2C[C@@]3(CCCc4cc(Cl)ccc43)COc3ccc(cc32)C(=O)NS1(=O)=O. The molecule has 1 spiro atoms. The first-order valence-corrected chi connectivity index (χ1v) is 21.1. The van der Waals surface area contributed by atoms with Gasteiger partial charge in [-0.1, -0.05) is 31.0 Å². The lowest BCUT2D eigenvalue weighted by Crippen LogP contribution is -2.57.